The van der Waals surface area contributed by atoms with Crippen molar-refractivity contribution in [3.63, 3.8) is 0 Å². The van der Waals surface area contributed by atoms with Crippen LogP contribution in [0.15, 0.2) is 71.3 Å². The summed E-state index contributed by atoms with van der Waals surface area (Å²) in [6.07, 6.45) is 2.08. The predicted molar refractivity (Wildman–Crippen MR) is 116 cm³/mol. The number of hydrogen-bond acceptors (Lipinski definition) is 5. The standard InChI is InChI=1S/C23H24FN3O4/c1-27(20-10-3-2-9-19(20)24)13-6-12-25-22(28)16-31-18-8-4-7-17(15-18)26-23(29)21-11-5-14-30-21/h2-5,7-11,14-15H,6,12-13,16H2,1H3,(H,25,28)(H,26,29). The smallest absolute Gasteiger partial charge is 0.291 e. The largest absolute Gasteiger partial charge is 0.484 e. The van der Waals surface area contributed by atoms with E-state index in [0.29, 0.717) is 36.6 Å². The minimum atomic E-state index is -0.375. The maximum absolute atomic E-state index is 13.8. The van der Waals surface area contributed by atoms with Crippen LogP contribution in [-0.2, 0) is 4.79 Å². The first-order valence-electron chi connectivity index (χ1n) is 9.83. The quantitative estimate of drug-likeness (QED) is 0.484. The van der Waals surface area contributed by atoms with Crippen LogP contribution in [0.4, 0.5) is 15.8 Å². The van der Waals surface area contributed by atoms with Crippen molar-refractivity contribution in [2.24, 2.45) is 0 Å². The molecular formula is C23H24FN3O4. The molecule has 1 aromatic heterocycles. The summed E-state index contributed by atoms with van der Waals surface area (Å²) in [5.41, 5.74) is 1.05. The highest BCUT2D eigenvalue weighted by molar-refractivity contribution is 6.02. The van der Waals surface area contributed by atoms with Gasteiger partial charge in [0.25, 0.3) is 11.8 Å². The highest BCUT2D eigenvalue weighted by Crippen LogP contribution is 2.18. The summed E-state index contributed by atoms with van der Waals surface area (Å²) >= 11 is 0. The van der Waals surface area contributed by atoms with Crippen LogP contribution in [0.25, 0.3) is 0 Å². The average Bonchev–Trinajstić information content (AvgIpc) is 3.31. The lowest BCUT2D eigenvalue weighted by atomic mass is 10.2. The molecule has 3 aromatic rings. The molecule has 0 aliphatic heterocycles. The van der Waals surface area contributed by atoms with E-state index in [2.05, 4.69) is 10.6 Å². The van der Waals surface area contributed by atoms with E-state index in [-0.39, 0.29) is 30.0 Å². The van der Waals surface area contributed by atoms with Gasteiger partial charge in [-0.15, -0.1) is 0 Å². The van der Waals surface area contributed by atoms with E-state index in [4.69, 9.17) is 9.15 Å². The minimum Gasteiger partial charge on any atom is -0.484 e. The molecule has 0 spiro atoms. The number of halogens is 1. The van der Waals surface area contributed by atoms with Gasteiger partial charge in [0.1, 0.15) is 11.6 Å². The number of carbonyl (C=O) groups is 2. The lowest BCUT2D eigenvalue weighted by molar-refractivity contribution is -0.123. The van der Waals surface area contributed by atoms with E-state index in [1.165, 1.54) is 12.3 Å². The lowest BCUT2D eigenvalue weighted by Gasteiger charge is -2.19. The fourth-order valence-corrected chi connectivity index (χ4v) is 2.89. The second kappa shape index (κ2) is 10.8. The summed E-state index contributed by atoms with van der Waals surface area (Å²) in [4.78, 5) is 25.8. The molecule has 0 unspecified atom stereocenters. The van der Waals surface area contributed by atoms with Crippen LogP contribution < -0.4 is 20.3 Å². The van der Waals surface area contributed by atoms with Crippen molar-refractivity contribution < 1.29 is 23.1 Å². The van der Waals surface area contributed by atoms with Crippen LogP contribution in [0.3, 0.4) is 0 Å². The lowest BCUT2D eigenvalue weighted by Crippen LogP contribution is -2.31. The molecule has 31 heavy (non-hydrogen) atoms. The van der Waals surface area contributed by atoms with Gasteiger partial charge >= 0.3 is 0 Å². The molecule has 0 aliphatic carbocycles. The Morgan fingerprint density at radius 1 is 1.10 bits per heavy atom. The number of ether oxygens (including phenoxy) is 1. The highest BCUT2D eigenvalue weighted by atomic mass is 19.1. The van der Waals surface area contributed by atoms with Gasteiger partial charge < -0.3 is 24.7 Å². The third-order valence-corrected chi connectivity index (χ3v) is 4.46. The second-order valence-corrected chi connectivity index (χ2v) is 6.82. The number of nitrogens with one attached hydrogen (secondary N) is 2. The van der Waals surface area contributed by atoms with Crippen molar-refractivity contribution in [3.05, 3.63) is 78.5 Å². The number of hydrogen-bond donors (Lipinski definition) is 2. The van der Waals surface area contributed by atoms with Gasteiger partial charge in [-0.25, -0.2) is 4.39 Å². The number of benzene rings is 2. The third kappa shape index (κ3) is 6.60. The molecule has 0 saturated heterocycles. The molecule has 0 aliphatic rings. The molecule has 0 saturated carbocycles. The summed E-state index contributed by atoms with van der Waals surface area (Å²) in [6, 6.07) is 16.5. The summed E-state index contributed by atoms with van der Waals surface area (Å²) < 4.78 is 24.3. The summed E-state index contributed by atoms with van der Waals surface area (Å²) in [5.74, 6) is -0.262. The Morgan fingerprint density at radius 2 is 1.94 bits per heavy atom. The van der Waals surface area contributed by atoms with Crippen LogP contribution >= 0.6 is 0 Å². The molecule has 0 bridgehead atoms. The van der Waals surface area contributed by atoms with Gasteiger partial charge in [-0.2, -0.15) is 0 Å². The summed E-state index contributed by atoms with van der Waals surface area (Å²) in [5, 5.41) is 5.47. The first-order chi connectivity index (χ1) is 15.0. The van der Waals surface area contributed by atoms with E-state index in [9.17, 15) is 14.0 Å². The first kappa shape index (κ1) is 21.9. The number of nitrogens with zero attached hydrogens (tertiary/aromatic N) is 1. The van der Waals surface area contributed by atoms with E-state index in [1.807, 2.05) is 0 Å². The maximum Gasteiger partial charge on any atom is 0.291 e. The highest BCUT2D eigenvalue weighted by Gasteiger charge is 2.10. The molecule has 7 nitrogen and oxygen atoms in total. The molecule has 0 atom stereocenters. The Morgan fingerprint density at radius 3 is 2.71 bits per heavy atom. The SMILES string of the molecule is CN(CCCNC(=O)COc1cccc(NC(=O)c2ccco2)c1)c1ccccc1F. The molecule has 3 rings (SSSR count). The Kier molecular flexibility index (Phi) is 7.64. The zero-order chi connectivity index (χ0) is 22.1. The number of para-hydroxylation sites is 1. The molecule has 0 radical (unpaired) electrons. The van der Waals surface area contributed by atoms with Crippen molar-refractivity contribution in [1.29, 1.82) is 0 Å². The Bertz CT molecular complexity index is 1010. The van der Waals surface area contributed by atoms with Gasteiger partial charge in [0.05, 0.1) is 12.0 Å². The monoisotopic (exact) mass is 425 g/mol. The molecule has 1 heterocycles. The number of amides is 2. The van der Waals surface area contributed by atoms with E-state index in [1.54, 1.807) is 66.5 Å². The Hall–Kier alpha value is -3.81. The molecular weight excluding hydrogens is 401 g/mol. The van der Waals surface area contributed by atoms with E-state index in [0.717, 1.165) is 0 Å². The van der Waals surface area contributed by atoms with Gasteiger partial charge in [-0.3, -0.25) is 9.59 Å². The fraction of sp³-hybridized carbons (Fsp3) is 0.217. The molecule has 0 fully saturated rings. The molecule has 2 aromatic carbocycles. The van der Waals surface area contributed by atoms with Gasteiger partial charge in [0, 0.05) is 31.9 Å². The number of carbonyl (C=O) groups excluding carboxylic acids is 2. The maximum atomic E-state index is 13.8. The van der Waals surface area contributed by atoms with Crippen LogP contribution in [0.2, 0.25) is 0 Å². The van der Waals surface area contributed by atoms with Crippen molar-refractivity contribution in [1.82, 2.24) is 5.32 Å². The topological polar surface area (TPSA) is 83.8 Å². The van der Waals surface area contributed by atoms with Gasteiger partial charge in [0.2, 0.25) is 0 Å². The third-order valence-electron chi connectivity index (χ3n) is 4.46. The zero-order valence-corrected chi connectivity index (χ0v) is 17.1. The summed E-state index contributed by atoms with van der Waals surface area (Å²) in [7, 11) is 1.81. The van der Waals surface area contributed by atoms with Crippen molar-refractivity contribution in [2.75, 3.05) is 37.0 Å². The second-order valence-electron chi connectivity index (χ2n) is 6.82. The zero-order valence-electron chi connectivity index (χ0n) is 17.1. The van der Waals surface area contributed by atoms with Crippen LogP contribution in [0.1, 0.15) is 17.0 Å². The average molecular weight is 425 g/mol. The Labute approximate surface area is 179 Å². The molecule has 2 amide bonds. The van der Waals surface area contributed by atoms with E-state index >= 15 is 0 Å². The predicted octanol–water partition coefficient (Wildman–Crippen LogP) is 3.69. The van der Waals surface area contributed by atoms with Gasteiger partial charge in [0.15, 0.2) is 12.4 Å². The number of furan rings is 1. The number of rotatable bonds is 10. The van der Waals surface area contributed by atoms with Gasteiger partial charge in [-0.05, 0) is 42.8 Å². The fourth-order valence-electron chi connectivity index (χ4n) is 2.89. The first-order valence-corrected chi connectivity index (χ1v) is 9.83. The summed E-state index contributed by atoms with van der Waals surface area (Å²) in [6.45, 7) is 0.887. The Balaban J connectivity index is 1.38. The van der Waals surface area contributed by atoms with Crippen LogP contribution in [0, 0.1) is 5.82 Å². The van der Waals surface area contributed by atoms with Crippen molar-refractivity contribution >= 4 is 23.2 Å². The van der Waals surface area contributed by atoms with Crippen molar-refractivity contribution in [2.45, 2.75) is 6.42 Å². The van der Waals surface area contributed by atoms with E-state index < -0.39 is 0 Å². The molecule has 8 heteroatoms. The molecule has 2 N–H and O–H groups in total. The van der Waals surface area contributed by atoms with Crippen LogP contribution in [-0.4, -0.2) is 38.6 Å². The van der Waals surface area contributed by atoms with Gasteiger partial charge in [-0.1, -0.05) is 18.2 Å². The molecule has 162 valence electrons. The minimum absolute atomic E-state index is 0.154. The number of anilines is 2. The van der Waals surface area contributed by atoms with Crippen LogP contribution in [0.5, 0.6) is 5.75 Å². The normalized spacial score (nSPS) is 10.4. The van der Waals surface area contributed by atoms with Crippen molar-refractivity contribution in [3.8, 4) is 5.75 Å².